The smallest absolute Gasteiger partial charge is 0.243 e. The Balaban J connectivity index is 2.07. The molecule has 0 bridgehead atoms. The topological polar surface area (TPSA) is 101 Å². The van der Waals surface area contributed by atoms with Gasteiger partial charge in [-0.3, -0.25) is 0 Å². The molecule has 1 aromatic heterocycles. The first-order valence-electron chi connectivity index (χ1n) is 5.51. The third-order valence-corrected chi connectivity index (χ3v) is 3.96. The number of aromatic amines is 1. The van der Waals surface area contributed by atoms with Crippen LogP contribution < -0.4 is 10.5 Å². The van der Waals surface area contributed by atoms with Crippen LogP contribution >= 0.6 is 0 Å². The van der Waals surface area contributed by atoms with E-state index in [1.165, 1.54) is 12.4 Å². The summed E-state index contributed by atoms with van der Waals surface area (Å²) in [6.45, 7) is 0.138. The predicted molar refractivity (Wildman–Crippen MR) is 68.3 cm³/mol. The molecule has 0 spiro atoms. The number of halogens is 1. The van der Waals surface area contributed by atoms with E-state index in [4.69, 9.17) is 5.73 Å². The molecular weight excluding hydrogens is 271 g/mol. The highest BCUT2D eigenvalue weighted by Crippen LogP contribution is 2.17. The number of hydrogen-bond donors (Lipinski definition) is 3. The van der Waals surface area contributed by atoms with E-state index in [2.05, 4.69) is 14.7 Å². The lowest BCUT2D eigenvalue weighted by molar-refractivity contribution is 0.557. The van der Waals surface area contributed by atoms with Gasteiger partial charge in [-0.25, -0.2) is 22.5 Å². The highest BCUT2D eigenvalue weighted by atomic mass is 32.2. The van der Waals surface area contributed by atoms with Crippen LogP contribution in [-0.4, -0.2) is 24.9 Å². The number of anilines is 1. The quantitative estimate of drug-likeness (QED) is 0.702. The Bertz CT molecular complexity index is 655. The third kappa shape index (κ3) is 3.30. The van der Waals surface area contributed by atoms with Crippen LogP contribution in [0.25, 0.3) is 0 Å². The fourth-order valence-electron chi connectivity index (χ4n) is 1.55. The lowest BCUT2D eigenvalue weighted by Gasteiger charge is -2.07. The Labute approximate surface area is 109 Å². The van der Waals surface area contributed by atoms with Gasteiger partial charge in [0.25, 0.3) is 0 Å². The first-order valence-corrected chi connectivity index (χ1v) is 6.99. The zero-order chi connectivity index (χ0) is 13.9. The summed E-state index contributed by atoms with van der Waals surface area (Å²) in [5.41, 5.74) is 6.44. The van der Waals surface area contributed by atoms with Gasteiger partial charge >= 0.3 is 0 Å². The van der Waals surface area contributed by atoms with Gasteiger partial charge < -0.3 is 10.7 Å². The first-order chi connectivity index (χ1) is 8.99. The molecule has 1 heterocycles. The number of imidazole rings is 1. The second-order valence-electron chi connectivity index (χ2n) is 3.91. The van der Waals surface area contributed by atoms with Crippen molar-refractivity contribution in [3.63, 3.8) is 0 Å². The second-order valence-corrected chi connectivity index (χ2v) is 5.65. The largest absolute Gasteiger partial charge is 0.399 e. The van der Waals surface area contributed by atoms with Gasteiger partial charge in [0, 0.05) is 30.5 Å². The number of aromatic nitrogens is 2. The third-order valence-electron chi connectivity index (χ3n) is 2.49. The maximum atomic E-state index is 13.5. The molecule has 19 heavy (non-hydrogen) atoms. The number of nitrogens with two attached hydrogens (primary N) is 1. The first kappa shape index (κ1) is 13.5. The highest BCUT2D eigenvalue weighted by molar-refractivity contribution is 7.89. The average molecular weight is 284 g/mol. The van der Waals surface area contributed by atoms with Gasteiger partial charge in [0.2, 0.25) is 10.0 Å². The average Bonchev–Trinajstić information content (AvgIpc) is 2.85. The molecule has 0 aliphatic heterocycles. The molecule has 102 valence electrons. The molecule has 6 nitrogen and oxygen atoms in total. The molecule has 2 rings (SSSR count). The molecule has 0 saturated carbocycles. The van der Waals surface area contributed by atoms with Crippen molar-refractivity contribution < 1.29 is 12.8 Å². The Morgan fingerprint density at radius 2 is 2.21 bits per heavy atom. The van der Waals surface area contributed by atoms with Gasteiger partial charge in [0.15, 0.2) is 0 Å². The minimum Gasteiger partial charge on any atom is -0.399 e. The summed E-state index contributed by atoms with van der Waals surface area (Å²) in [7, 11) is -3.91. The molecule has 1 aromatic carbocycles. The molecule has 2 aromatic rings. The highest BCUT2D eigenvalue weighted by Gasteiger charge is 2.18. The lowest BCUT2D eigenvalue weighted by atomic mass is 10.3. The summed E-state index contributed by atoms with van der Waals surface area (Å²) in [5.74, 6) is -0.830. The Morgan fingerprint density at radius 3 is 2.89 bits per heavy atom. The van der Waals surface area contributed by atoms with E-state index in [9.17, 15) is 12.8 Å². The molecule has 0 aliphatic rings. The Kier molecular flexibility index (Phi) is 3.82. The van der Waals surface area contributed by atoms with Crippen LogP contribution in [0.15, 0.2) is 35.6 Å². The SMILES string of the molecule is Nc1ccc(F)c(S(=O)(=O)NCCc2cnc[nH]2)c1. The summed E-state index contributed by atoms with van der Waals surface area (Å²) < 4.78 is 39.6. The number of nitrogens with one attached hydrogen (secondary N) is 2. The van der Waals surface area contributed by atoms with Crippen molar-refractivity contribution >= 4 is 15.7 Å². The van der Waals surface area contributed by atoms with Gasteiger partial charge in [-0.15, -0.1) is 0 Å². The summed E-state index contributed by atoms with van der Waals surface area (Å²) >= 11 is 0. The number of nitrogen functional groups attached to an aromatic ring is 1. The molecule has 0 amide bonds. The molecule has 8 heteroatoms. The zero-order valence-corrected chi connectivity index (χ0v) is 10.7. The summed E-state index contributed by atoms with van der Waals surface area (Å²) in [5, 5.41) is 0. The molecule has 0 atom stereocenters. The van der Waals surface area contributed by atoms with E-state index in [0.717, 1.165) is 17.8 Å². The van der Waals surface area contributed by atoms with Crippen molar-refractivity contribution in [3.05, 3.63) is 42.2 Å². The number of hydrogen-bond acceptors (Lipinski definition) is 4. The predicted octanol–water partition coefficient (Wildman–Crippen LogP) is 0.652. The van der Waals surface area contributed by atoms with E-state index in [-0.39, 0.29) is 12.2 Å². The summed E-state index contributed by atoms with van der Waals surface area (Å²) in [6, 6.07) is 3.42. The van der Waals surface area contributed by atoms with Gasteiger partial charge in [0.1, 0.15) is 10.7 Å². The van der Waals surface area contributed by atoms with Crippen molar-refractivity contribution in [2.45, 2.75) is 11.3 Å². The lowest BCUT2D eigenvalue weighted by Crippen LogP contribution is -2.27. The van der Waals surface area contributed by atoms with Gasteiger partial charge in [-0.1, -0.05) is 0 Å². The number of benzene rings is 1. The van der Waals surface area contributed by atoms with Crippen molar-refractivity contribution in [3.8, 4) is 0 Å². The minimum absolute atomic E-state index is 0.138. The van der Waals surface area contributed by atoms with Crippen LogP contribution in [0, 0.1) is 5.82 Å². The molecule has 0 fully saturated rings. The van der Waals surface area contributed by atoms with Crippen LogP contribution in [0.5, 0.6) is 0 Å². The van der Waals surface area contributed by atoms with E-state index in [1.54, 1.807) is 6.20 Å². The summed E-state index contributed by atoms with van der Waals surface area (Å²) in [6.07, 6.45) is 3.53. The van der Waals surface area contributed by atoms with E-state index < -0.39 is 20.7 Å². The number of nitrogens with zero attached hydrogens (tertiary/aromatic N) is 1. The van der Waals surface area contributed by atoms with Crippen LogP contribution in [0.2, 0.25) is 0 Å². The summed E-state index contributed by atoms with van der Waals surface area (Å²) in [4.78, 5) is 6.21. The molecule has 0 unspecified atom stereocenters. The molecule has 0 aliphatic carbocycles. The van der Waals surface area contributed by atoms with Gasteiger partial charge in [0.05, 0.1) is 6.33 Å². The van der Waals surface area contributed by atoms with Crippen LogP contribution in [0.4, 0.5) is 10.1 Å². The molecular formula is C11H13FN4O2S. The van der Waals surface area contributed by atoms with Gasteiger partial charge in [-0.2, -0.15) is 0 Å². The standard InChI is InChI=1S/C11H13FN4O2S/c12-10-2-1-8(13)5-11(10)19(17,18)16-4-3-9-6-14-7-15-9/h1-2,5-7,16H,3-4,13H2,(H,14,15). The second kappa shape index (κ2) is 5.37. The number of H-pyrrole nitrogens is 1. The van der Waals surface area contributed by atoms with Crippen molar-refractivity contribution in [2.24, 2.45) is 0 Å². The fourth-order valence-corrected chi connectivity index (χ4v) is 2.69. The van der Waals surface area contributed by atoms with E-state index >= 15 is 0 Å². The van der Waals surface area contributed by atoms with Crippen molar-refractivity contribution in [1.29, 1.82) is 0 Å². The van der Waals surface area contributed by atoms with Crippen LogP contribution in [-0.2, 0) is 16.4 Å². The molecule has 4 N–H and O–H groups in total. The van der Waals surface area contributed by atoms with E-state index in [1.807, 2.05) is 0 Å². The minimum atomic E-state index is -3.91. The Hall–Kier alpha value is -1.93. The van der Waals surface area contributed by atoms with Crippen molar-refractivity contribution in [1.82, 2.24) is 14.7 Å². The Morgan fingerprint density at radius 1 is 1.42 bits per heavy atom. The number of rotatable bonds is 5. The monoisotopic (exact) mass is 284 g/mol. The molecule has 0 saturated heterocycles. The maximum Gasteiger partial charge on any atom is 0.243 e. The normalized spacial score (nSPS) is 11.6. The number of sulfonamides is 1. The molecule has 0 radical (unpaired) electrons. The van der Waals surface area contributed by atoms with E-state index in [0.29, 0.717) is 6.42 Å². The van der Waals surface area contributed by atoms with Crippen molar-refractivity contribution in [2.75, 3.05) is 12.3 Å². The maximum absolute atomic E-state index is 13.5. The van der Waals surface area contributed by atoms with Gasteiger partial charge in [-0.05, 0) is 18.2 Å². The van der Waals surface area contributed by atoms with Crippen LogP contribution in [0.3, 0.4) is 0 Å². The zero-order valence-electron chi connectivity index (χ0n) is 9.93. The fraction of sp³-hybridized carbons (Fsp3) is 0.182. The van der Waals surface area contributed by atoms with Crippen LogP contribution in [0.1, 0.15) is 5.69 Å².